The van der Waals surface area contributed by atoms with Crippen LogP contribution in [0.25, 0.3) is 0 Å². The number of sulfonamides is 1. The lowest BCUT2D eigenvalue weighted by Crippen LogP contribution is -2.60. The second kappa shape index (κ2) is 11.7. The minimum Gasteiger partial charge on any atom is -0.507 e. The fourth-order valence-electron chi connectivity index (χ4n) is 3.50. The summed E-state index contributed by atoms with van der Waals surface area (Å²) < 4.78 is 37.2. The van der Waals surface area contributed by atoms with Crippen molar-refractivity contribution in [3.8, 4) is 5.75 Å². The van der Waals surface area contributed by atoms with Gasteiger partial charge in [0, 0.05) is 6.20 Å². The highest BCUT2D eigenvalue weighted by molar-refractivity contribution is 7.92. The number of esters is 1. The number of aromatic hydroxyl groups is 1. The molecule has 16 heteroatoms. The van der Waals surface area contributed by atoms with E-state index < -0.39 is 64.0 Å². The van der Waals surface area contributed by atoms with Crippen molar-refractivity contribution in [1.29, 1.82) is 0 Å². The molecule has 40 heavy (non-hydrogen) atoms. The molecule has 1 aliphatic rings. The van der Waals surface area contributed by atoms with Crippen LogP contribution in [0.2, 0.25) is 0 Å². The summed E-state index contributed by atoms with van der Waals surface area (Å²) in [5.74, 6) is -3.34. The van der Waals surface area contributed by atoms with Gasteiger partial charge in [-0.3, -0.25) is 4.72 Å². The number of aliphatic carboxylic acids is 1. The number of aromatic nitrogens is 1. The fourth-order valence-corrected chi connectivity index (χ4v) is 4.50. The number of carboxylic acids is 1. The SMILES string of the molecule is O=C(OC1OC(C(=O)O)C(O)C(O)C1O)c1cc(N=Nc2ccc(S(=O)(=O)Nc3ccccn3)cc2)ccc1O. The Bertz CT molecular complexity index is 1520. The standard InChI is InChI=1S/C24H22N4O11S/c29-16-9-6-13(11-15(16)23(35)39-24-20(32)18(30)19(31)21(38-24)22(33)34)27-26-12-4-7-14(8-5-12)40(36,37)28-17-3-1-2-10-25-17/h1-11,18-21,24,29-32H,(H,25,28)(H,33,34). The number of pyridine rings is 1. The van der Waals surface area contributed by atoms with Crippen molar-refractivity contribution in [3.05, 3.63) is 72.4 Å². The summed E-state index contributed by atoms with van der Waals surface area (Å²) in [6, 6.07) is 13.6. The van der Waals surface area contributed by atoms with Gasteiger partial charge in [0.15, 0.2) is 6.10 Å². The molecule has 0 radical (unpaired) electrons. The molecule has 15 nitrogen and oxygen atoms in total. The van der Waals surface area contributed by atoms with Crippen molar-refractivity contribution >= 4 is 39.2 Å². The smallest absolute Gasteiger partial charge is 0.344 e. The highest BCUT2D eigenvalue weighted by Crippen LogP contribution is 2.29. The highest BCUT2D eigenvalue weighted by Gasteiger charge is 2.48. The number of carbonyl (C=O) groups is 2. The van der Waals surface area contributed by atoms with Gasteiger partial charge in [-0.05, 0) is 54.6 Å². The molecular formula is C24H22N4O11S. The first-order chi connectivity index (χ1) is 19.0. The molecular weight excluding hydrogens is 552 g/mol. The van der Waals surface area contributed by atoms with E-state index in [1.54, 1.807) is 12.1 Å². The second-order valence-electron chi connectivity index (χ2n) is 8.36. The number of azo groups is 1. The molecule has 4 rings (SSSR count). The zero-order valence-corrected chi connectivity index (χ0v) is 21.0. The largest absolute Gasteiger partial charge is 0.507 e. The van der Waals surface area contributed by atoms with Crippen LogP contribution in [0.3, 0.4) is 0 Å². The summed E-state index contributed by atoms with van der Waals surface area (Å²) in [5, 5.41) is 56.8. The molecule has 1 fully saturated rings. The molecule has 2 heterocycles. The van der Waals surface area contributed by atoms with Gasteiger partial charge < -0.3 is 35.0 Å². The van der Waals surface area contributed by atoms with Crippen LogP contribution in [0.5, 0.6) is 5.75 Å². The van der Waals surface area contributed by atoms with Crippen LogP contribution in [0.15, 0.2) is 82.0 Å². The summed E-state index contributed by atoms with van der Waals surface area (Å²) in [7, 11) is -3.90. The van der Waals surface area contributed by atoms with Gasteiger partial charge in [0.25, 0.3) is 10.0 Å². The number of hydrogen-bond acceptors (Lipinski definition) is 13. The van der Waals surface area contributed by atoms with Crippen LogP contribution in [0.1, 0.15) is 10.4 Å². The number of anilines is 1. The van der Waals surface area contributed by atoms with Crippen molar-refractivity contribution in [3.63, 3.8) is 0 Å². The van der Waals surface area contributed by atoms with Gasteiger partial charge in [-0.25, -0.2) is 23.0 Å². The maximum Gasteiger partial charge on any atom is 0.344 e. The van der Waals surface area contributed by atoms with Gasteiger partial charge in [-0.2, -0.15) is 10.2 Å². The lowest BCUT2D eigenvalue weighted by atomic mass is 9.99. The molecule has 6 N–H and O–H groups in total. The number of nitrogens with one attached hydrogen (secondary N) is 1. The number of nitrogens with zero attached hydrogens (tertiary/aromatic N) is 3. The number of aliphatic hydroxyl groups is 3. The van der Waals surface area contributed by atoms with E-state index in [1.165, 1.54) is 42.6 Å². The summed E-state index contributed by atoms with van der Waals surface area (Å²) in [4.78, 5) is 27.7. The normalized spacial score (nSPS) is 23.0. The molecule has 1 saturated heterocycles. The first-order valence-electron chi connectivity index (χ1n) is 11.4. The number of benzene rings is 2. The van der Waals surface area contributed by atoms with Crippen LogP contribution in [-0.4, -0.2) is 81.6 Å². The van der Waals surface area contributed by atoms with Crippen LogP contribution in [0, 0.1) is 0 Å². The monoisotopic (exact) mass is 574 g/mol. The number of phenolic OH excluding ortho intramolecular Hbond substituents is 1. The predicted molar refractivity (Wildman–Crippen MR) is 134 cm³/mol. The average molecular weight is 575 g/mol. The van der Waals surface area contributed by atoms with E-state index in [0.717, 1.165) is 12.1 Å². The van der Waals surface area contributed by atoms with Gasteiger partial charge >= 0.3 is 11.9 Å². The zero-order valence-electron chi connectivity index (χ0n) is 20.2. The number of ether oxygens (including phenoxy) is 2. The molecule has 5 unspecified atom stereocenters. The third-order valence-corrected chi connectivity index (χ3v) is 6.94. The lowest BCUT2D eigenvalue weighted by Gasteiger charge is -2.37. The maximum absolute atomic E-state index is 12.6. The van der Waals surface area contributed by atoms with Crippen LogP contribution in [-0.2, 0) is 24.3 Å². The molecule has 0 aliphatic carbocycles. The maximum atomic E-state index is 12.6. The van der Waals surface area contributed by atoms with E-state index in [2.05, 4.69) is 19.9 Å². The fraction of sp³-hybridized carbons (Fsp3) is 0.208. The van der Waals surface area contributed by atoms with Crippen molar-refractivity contribution in [1.82, 2.24) is 4.98 Å². The average Bonchev–Trinajstić information content (AvgIpc) is 2.93. The van der Waals surface area contributed by atoms with Gasteiger partial charge in [0.05, 0.1) is 16.3 Å². The molecule has 2 aromatic carbocycles. The van der Waals surface area contributed by atoms with Crippen LogP contribution < -0.4 is 4.72 Å². The van der Waals surface area contributed by atoms with E-state index >= 15 is 0 Å². The van der Waals surface area contributed by atoms with Gasteiger partial charge in [0.2, 0.25) is 6.29 Å². The quantitative estimate of drug-likeness (QED) is 0.163. The van der Waals surface area contributed by atoms with Crippen LogP contribution >= 0.6 is 0 Å². The minimum atomic E-state index is -3.90. The summed E-state index contributed by atoms with van der Waals surface area (Å²) in [6.45, 7) is 0. The Balaban J connectivity index is 1.46. The number of aliphatic hydroxyl groups excluding tert-OH is 3. The van der Waals surface area contributed by atoms with Crippen LogP contribution in [0.4, 0.5) is 17.2 Å². The molecule has 0 bridgehead atoms. The van der Waals surface area contributed by atoms with E-state index in [1.807, 2.05) is 0 Å². The van der Waals surface area contributed by atoms with Crippen molar-refractivity contribution in [2.75, 3.05) is 4.72 Å². The molecule has 0 saturated carbocycles. The number of rotatable bonds is 8. The molecule has 5 atom stereocenters. The van der Waals surface area contributed by atoms with Gasteiger partial charge in [0.1, 0.15) is 35.4 Å². The first-order valence-corrected chi connectivity index (χ1v) is 12.9. The number of hydrogen-bond donors (Lipinski definition) is 6. The molecule has 1 aliphatic heterocycles. The number of carbonyl (C=O) groups excluding carboxylic acids is 1. The highest BCUT2D eigenvalue weighted by atomic mass is 32.2. The molecule has 3 aromatic rings. The Labute approximate surface area is 226 Å². The third kappa shape index (κ3) is 6.38. The molecule has 210 valence electrons. The minimum absolute atomic E-state index is 0.0540. The predicted octanol–water partition coefficient (Wildman–Crippen LogP) is 1.05. The Morgan fingerprint density at radius 1 is 0.925 bits per heavy atom. The Hall–Kier alpha value is -4.48. The molecule has 0 amide bonds. The van der Waals surface area contributed by atoms with Crippen molar-refractivity contribution in [2.24, 2.45) is 10.2 Å². The Morgan fingerprint density at radius 2 is 1.60 bits per heavy atom. The summed E-state index contributed by atoms with van der Waals surface area (Å²) >= 11 is 0. The van der Waals surface area contributed by atoms with Crippen molar-refractivity contribution < 1.29 is 53.0 Å². The Morgan fingerprint density at radius 3 is 2.25 bits per heavy atom. The summed E-state index contributed by atoms with van der Waals surface area (Å²) in [6.07, 6.45) is -8.48. The topological polar surface area (TPSA) is 238 Å². The number of phenols is 1. The van der Waals surface area contributed by atoms with E-state index in [-0.39, 0.29) is 22.1 Å². The Kier molecular flexibility index (Phi) is 8.36. The van der Waals surface area contributed by atoms with E-state index in [4.69, 9.17) is 14.6 Å². The molecule has 0 spiro atoms. The number of carboxylic acid groups (broad SMARTS) is 1. The van der Waals surface area contributed by atoms with E-state index in [0.29, 0.717) is 0 Å². The third-order valence-electron chi connectivity index (χ3n) is 5.57. The van der Waals surface area contributed by atoms with Crippen molar-refractivity contribution in [2.45, 2.75) is 35.6 Å². The lowest BCUT2D eigenvalue weighted by molar-refractivity contribution is -0.278. The summed E-state index contributed by atoms with van der Waals surface area (Å²) in [5.41, 5.74) is -0.149. The zero-order chi connectivity index (χ0) is 29.0. The second-order valence-corrected chi connectivity index (χ2v) is 10.0. The first kappa shape index (κ1) is 28.5. The van der Waals surface area contributed by atoms with Gasteiger partial charge in [-0.15, -0.1) is 0 Å². The van der Waals surface area contributed by atoms with Gasteiger partial charge in [-0.1, -0.05) is 6.07 Å². The van der Waals surface area contributed by atoms with E-state index in [9.17, 15) is 38.4 Å². The molecule has 1 aromatic heterocycles.